The van der Waals surface area contributed by atoms with Crippen LogP contribution in [0, 0.1) is 13.8 Å². The van der Waals surface area contributed by atoms with E-state index in [4.69, 9.17) is 15.0 Å². The summed E-state index contributed by atoms with van der Waals surface area (Å²) >= 11 is 0. The number of aromatic nitrogens is 1. The maximum Gasteiger partial charge on any atom is 0.246 e. The molecule has 0 radical (unpaired) electrons. The van der Waals surface area contributed by atoms with Gasteiger partial charge in [0.2, 0.25) is 10.0 Å². The number of benzene rings is 1. The maximum absolute atomic E-state index is 12.8. The van der Waals surface area contributed by atoms with E-state index in [-0.39, 0.29) is 23.1 Å². The lowest BCUT2D eigenvalue weighted by Crippen LogP contribution is -2.41. The van der Waals surface area contributed by atoms with Crippen LogP contribution >= 0.6 is 12.4 Å². The minimum Gasteiger partial charge on any atom is -0.487 e. The summed E-state index contributed by atoms with van der Waals surface area (Å²) in [6.45, 7) is 7.02. The largest absolute Gasteiger partial charge is 0.487 e. The van der Waals surface area contributed by atoms with Crippen LogP contribution in [-0.4, -0.2) is 19.2 Å². The molecule has 0 saturated heterocycles. The van der Waals surface area contributed by atoms with Crippen LogP contribution in [-0.2, 0) is 10.0 Å². The van der Waals surface area contributed by atoms with Crippen LogP contribution in [0.1, 0.15) is 43.3 Å². The standard InChI is InChI=1S/C16H21N3O4S.ClH/c1-9-15(10(2)23-18-9)24(20,21)19-13-8-16(3,4)22-14-6-5-11(17)7-12(13)14;/h5-7,13,19H,8,17H2,1-4H3;1H. The highest BCUT2D eigenvalue weighted by Crippen LogP contribution is 2.41. The van der Waals surface area contributed by atoms with Crippen LogP contribution < -0.4 is 15.2 Å². The van der Waals surface area contributed by atoms with E-state index in [1.807, 2.05) is 13.8 Å². The molecule has 0 fully saturated rings. The number of anilines is 1. The minimum absolute atomic E-state index is 0. The van der Waals surface area contributed by atoms with Crippen molar-refractivity contribution >= 4 is 28.1 Å². The van der Waals surface area contributed by atoms with E-state index in [0.717, 1.165) is 5.56 Å². The molecular formula is C16H22ClN3O4S. The molecule has 7 nitrogen and oxygen atoms in total. The predicted octanol–water partition coefficient (Wildman–Crippen LogP) is 2.88. The Hall–Kier alpha value is -1.77. The van der Waals surface area contributed by atoms with Crippen molar-refractivity contribution in [3.05, 3.63) is 35.2 Å². The van der Waals surface area contributed by atoms with E-state index in [1.165, 1.54) is 0 Å². The highest BCUT2D eigenvalue weighted by molar-refractivity contribution is 7.89. The molecule has 3 N–H and O–H groups in total. The average molecular weight is 388 g/mol. The summed E-state index contributed by atoms with van der Waals surface area (Å²) in [5.74, 6) is 0.894. The van der Waals surface area contributed by atoms with E-state index in [0.29, 0.717) is 23.6 Å². The van der Waals surface area contributed by atoms with Crippen molar-refractivity contribution in [2.24, 2.45) is 0 Å². The number of nitrogens with zero attached hydrogens (tertiary/aromatic N) is 1. The topological polar surface area (TPSA) is 107 Å². The van der Waals surface area contributed by atoms with Gasteiger partial charge in [-0.05, 0) is 45.9 Å². The molecule has 1 aromatic heterocycles. The molecular weight excluding hydrogens is 366 g/mol. The van der Waals surface area contributed by atoms with Crippen molar-refractivity contribution in [1.29, 1.82) is 0 Å². The molecule has 138 valence electrons. The first-order valence-electron chi connectivity index (χ1n) is 7.63. The molecule has 9 heteroatoms. The van der Waals surface area contributed by atoms with Gasteiger partial charge in [0.1, 0.15) is 21.9 Å². The highest BCUT2D eigenvalue weighted by atomic mass is 35.5. The quantitative estimate of drug-likeness (QED) is 0.784. The number of sulfonamides is 1. The molecule has 1 atom stereocenters. The van der Waals surface area contributed by atoms with Gasteiger partial charge in [-0.15, -0.1) is 12.4 Å². The minimum atomic E-state index is -3.79. The van der Waals surface area contributed by atoms with Gasteiger partial charge in [-0.3, -0.25) is 0 Å². The molecule has 1 aliphatic heterocycles. The van der Waals surface area contributed by atoms with Gasteiger partial charge in [-0.2, -0.15) is 0 Å². The Kier molecular flexibility index (Phi) is 5.09. The molecule has 1 aromatic carbocycles. The Morgan fingerprint density at radius 1 is 1.32 bits per heavy atom. The zero-order valence-electron chi connectivity index (χ0n) is 14.5. The first-order valence-corrected chi connectivity index (χ1v) is 9.11. The Balaban J connectivity index is 0.00000225. The van der Waals surface area contributed by atoms with Crippen LogP contribution in [0.3, 0.4) is 0 Å². The Morgan fingerprint density at radius 3 is 2.60 bits per heavy atom. The van der Waals surface area contributed by atoms with E-state index >= 15 is 0 Å². The second-order valence-corrected chi connectivity index (χ2v) is 8.34. The number of halogens is 1. The lowest BCUT2D eigenvalue weighted by molar-refractivity contribution is 0.0702. The summed E-state index contributed by atoms with van der Waals surface area (Å²) in [5.41, 5.74) is 6.97. The highest BCUT2D eigenvalue weighted by Gasteiger charge is 2.37. The molecule has 2 aromatic rings. The number of hydrogen-bond acceptors (Lipinski definition) is 6. The van der Waals surface area contributed by atoms with Crippen LogP contribution in [0.2, 0.25) is 0 Å². The van der Waals surface area contributed by atoms with Crippen LogP contribution in [0.25, 0.3) is 0 Å². The van der Waals surface area contributed by atoms with Crippen molar-refractivity contribution in [3.63, 3.8) is 0 Å². The van der Waals surface area contributed by atoms with Gasteiger partial charge in [0, 0.05) is 17.7 Å². The molecule has 0 saturated carbocycles. The molecule has 25 heavy (non-hydrogen) atoms. The van der Waals surface area contributed by atoms with E-state index in [2.05, 4.69) is 9.88 Å². The number of nitrogen functional groups attached to an aromatic ring is 1. The third-order valence-electron chi connectivity index (χ3n) is 4.03. The number of fused-ring (bicyclic) bond motifs is 1. The predicted molar refractivity (Wildman–Crippen MR) is 96.5 cm³/mol. The van der Waals surface area contributed by atoms with Crippen LogP contribution in [0.5, 0.6) is 5.75 Å². The molecule has 2 heterocycles. The Morgan fingerprint density at radius 2 is 2.00 bits per heavy atom. The van der Waals surface area contributed by atoms with Crippen molar-refractivity contribution in [2.45, 2.75) is 50.7 Å². The van der Waals surface area contributed by atoms with E-state index in [1.54, 1.807) is 32.0 Å². The lowest BCUT2D eigenvalue weighted by Gasteiger charge is -2.37. The second kappa shape index (κ2) is 6.51. The fourth-order valence-electron chi connectivity index (χ4n) is 3.08. The van der Waals surface area contributed by atoms with Crippen molar-refractivity contribution in [2.75, 3.05) is 5.73 Å². The number of nitrogens with two attached hydrogens (primary N) is 1. The molecule has 0 bridgehead atoms. The number of nitrogens with one attached hydrogen (secondary N) is 1. The molecule has 3 rings (SSSR count). The summed E-state index contributed by atoms with van der Waals surface area (Å²) in [5, 5.41) is 3.72. The second-order valence-electron chi connectivity index (χ2n) is 6.69. The number of ether oxygens (including phenoxy) is 1. The van der Waals surface area contributed by atoms with E-state index in [9.17, 15) is 8.42 Å². The summed E-state index contributed by atoms with van der Waals surface area (Å²) in [7, 11) is -3.79. The third kappa shape index (κ3) is 3.75. The van der Waals surface area contributed by atoms with Gasteiger partial charge in [-0.25, -0.2) is 13.1 Å². The maximum atomic E-state index is 12.8. The SMILES string of the molecule is Cc1noc(C)c1S(=O)(=O)NC1CC(C)(C)Oc2ccc(N)cc21.Cl. The van der Waals surface area contributed by atoms with Crippen molar-refractivity contribution in [3.8, 4) is 5.75 Å². The monoisotopic (exact) mass is 387 g/mol. The summed E-state index contributed by atoms with van der Waals surface area (Å²) in [6, 6.07) is 4.79. The van der Waals surface area contributed by atoms with Gasteiger partial charge >= 0.3 is 0 Å². The molecule has 1 aliphatic rings. The van der Waals surface area contributed by atoms with Crippen LogP contribution in [0.4, 0.5) is 5.69 Å². The normalized spacial score (nSPS) is 18.8. The lowest BCUT2D eigenvalue weighted by atomic mass is 9.90. The Bertz CT molecular complexity index is 873. The average Bonchev–Trinajstić information content (AvgIpc) is 2.78. The van der Waals surface area contributed by atoms with Crippen LogP contribution in [0.15, 0.2) is 27.6 Å². The molecule has 0 amide bonds. The van der Waals surface area contributed by atoms with E-state index < -0.39 is 21.7 Å². The van der Waals surface area contributed by atoms with Gasteiger partial charge in [0.05, 0.1) is 6.04 Å². The number of aryl methyl sites for hydroxylation is 2. The zero-order valence-corrected chi connectivity index (χ0v) is 16.1. The van der Waals surface area contributed by atoms with Crippen molar-refractivity contribution < 1.29 is 17.7 Å². The molecule has 1 unspecified atom stereocenters. The van der Waals surface area contributed by atoms with Crippen molar-refractivity contribution in [1.82, 2.24) is 9.88 Å². The zero-order chi connectivity index (χ0) is 17.7. The third-order valence-corrected chi connectivity index (χ3v) is 5.74. The Labute approximate surface area is 153 Å². The molecule has 0 aliphatic carbocycles. The summed E-state index contributed by atoms with van der Waals surface area (Å²) in [4.78, 5) is 0.0808. The first-order chi connectivity index (χ1) is 11.1. The first kappa shape index (κ1) is 19.6. The summed E-state index contributed by atoms with van der Waals surface area (Å²) in [6.07, 6.45) is 0.478. The van der Waals surface area contributed by atoms with Gasteiger partial charge in [-0.1, -0.05) is 5.16 Å². The summed E-state index contributed by atoms with van der Waals surface area (Å²) < 4.78 is 39.3. The number of hydrogen-bond donors (Lipinski definition) is 2. The van der Waals surface area contributed by atoms with Gasteiger partial charge < -0.3 is 15.0 Å². The molecule has 0 spiro atoms. The number of rotatable bonds is 3. The fraction of sp³-hybridized carbons (Fsp3) is 0.438. The smallest absolute Gasteiger partial charge is 0.246 e. The van der Waals surface area contributed by atoms with Gasteiger partial charge in [0.25, 0.3) is 0 Å². The fourth-order valence-corrected chi connectivity index (χ4v) is 4.63. The van der Waals surface area contributed by atoms with Gasteiger partial charge in [0.15, 0.2) is 5.76 Å².